The third-order valence-corrected chi connectivity index (χ3v) is 4.28. The zero-order valence-electron chi connectivity index (χ0n) is 13.3. The zero-order valence-corrected chi connectivity index (χ0v) is 13.3. The van der Waals surface area contributed by atoms with Gasteiger partial charge in [0, 0.05) is 0 Å². The molecule has 0 N–H and O–H groups in total. The number of benzene rings is 3. The molecule has 3 aromatic carbocycles. The summed E-state index contributed by atoms with van der Waals surface area (Å²) in [5.74, 6) is 0.888. The number of methoxy groups -OCH3 is 1. The topological polar surface area (TPSA) is 9.23 Å². The van der Waals surface area contributed by atoms with Gasteiger partial charge >= 0.3 is 0 Å². The van der Waals surface area contributed by atoms with Crippen LogP contribution in [0.25, 0.3) is 21.9 Å². The van der Waals surface area contributed by atoms with Gasteiger partial charge in [0.05, 0.1) is 7.11 Å². The normalized spacial score (nSPS) is 12.1. The first-order valence-corrected chi connectivity index (χ1v) is 7.51. The molecule has 3 rings (SSSR count). The highest BCUT2D eigenvalue weighted by Crippen LogP contribution is 2.31. The Kier molecular flexibility index (Phi) is 3.97. The standard InChI is InChI=1S/C21H20O/c1-15(17-11-13-19(22-3)14-12-17)16(2)20-10-6-8-18-7-4-5-9-21(18)20/h4-14H,1-3H3/b16-15-. The third-order valence-electron chi connectivity index (χ3n) is 4.28. The summed E-state index contributed by atoms with van der Waals surface area (Å²) < 4.78 is 5.24. The maximum atomic E-state index is 5.24. The minimum atomic E-state index is 0.888. The molecule has 0 spiro atoms. The summed E-state index contributed by atoms with van der Waals surface area (Å²) in [5.41, 5.74) is 5.12. The van der Waals surface area contributed by atoms with E-state index in [1.165, 1.54) is 33.0 Å². The molecule has 0 heterocycles. The van der Waals surface area contributed by atoms with Crippen molar-refractivity contribution in [1.29, 1.82) is 0 Å². The van der Waals surface area contributed by atoms with E-state index in [2.05, 4.69) is 68.4 Å². The Labute approximate surface area is 131 Å². The molecule has 0 aromatic heterocycles. The molecule has 22 heavy (non-hydrogen) atoms. The maximum absolute atomic E-state index is 5.24. The molecular weight excluding hydrogens is 268 g/mol. The van der Waals surface area contributed by atoms with Crippen molar-refractivity contribution in [3.05, 3.63) is 77.9 Å². The lowest BCUT2D eigenvalue weighted by Crippen LogP contribution is -1.89. The molecule has 0 aliphatic carbocycles. The van der Waals surface area contributed by atoms with Gasteiger partial charge in [0.15, 0.2) is 0 Å². The van der Waals surface area contributed by atoms with E-state index in [0.29, 0.717) is 0 Å². The van der Waals surface area contributed by atoms with Crippen molar-refractivity contribution in [3.63, 3.8) is 0 Å². The number of fused-ring (bicyclic) bond motifs is 1. The average molecular weight is 288 g/mol. The molecule has 0 atom stereocenters. The fraction of sp³-hybridized carbons (Fsp3) is 0.143. The Morgan fingerprint density at radius 1 is 0.727 bits per heavy atom. The maximum Gasteiger partial charge on any atom is 0.118 e. The lowest BCUT2D eigenvalue weighted by molar-refractivity contribution is 0.415. The van der Waals surface area contributed by atoms with Gasteiger partial charge in [-0.15, -0.1) is 0 Å². The number of allylic oxidation sites excluding steroid dienone is 2. The van der Waals surface area contributed by atoms with Crippen LogP contribution in [0.2, 0.25) is 0 Å². The molecule has 1 nitrogen and oxygen atoms in total. The number of hydrogen-bond acceptors (Lipinski definition) is 1. The van der Waals surface area contributed by atoms with Gasteiger partial charge in [-0.05, 0) is 59.0 Å². The zero-order chi connectivity index (χ0) is 15.5. The van der Waals surface area contributed by atoms with Crippen LogP contribution in [-0.2, 0) is 0 Å². The fourth-order valence-corrected chi connectivity index (χ4v) is 2.81. The summed E-state index contributed by atoms with van der Waals surface area (Å²) in [4.78, 5) is 0. The highest BCUT2D eigenvalue weighted by Gasteiger charge is 2.07. The number of hydrogen-bond donors (Lipinski definition) is 0. The molecule has 0 saturated carbocycles. The molecule has 3 aromatic rings. The van der Waals surface area contributed by atoms with Gasteiger partial charge in [-0.2, -0.15) is 0 Å². The second-order valence-electron chi connectivity index (χ2n) is 5.51. The van der Waals surface area contributed by atoms with E-state index in [1.807, 2.05) is 12.1 Å². The van der Waals surface area contributed by atoms with Crippen molar-refractivity contribution in [2.45, 2.75) is 13.8 Å². The van der Waals surface area contributed by atoms with Crippen LogP contribution in [0.4, 0.5) is 0 Å². The largest absolute Gasteiger partial charge is 0.497 e. The highest BCUT2D eigenvalue weighted by atomic mass is 16.5. The van der Waals surface area contributed by atoms with Crippen LogP contribution in [0.1, 0.15) is 25.0 Å². The second kappa shape index (κ2) is 6.07. The van der Waals surface area contributed by atoms with Crippen LogP contribution in [0, 0.1) is 0 Å². The lowest BCUT2D eigenvalue weighted by Gasteiger charge is -2.12. The van der Waals surface area contributed by atoms with E-state index >= 15 is 0 Å². The first-order chi connectivity index (χ1) is 10.7. The summed E-state index contributed by atoms with van der Waals surface area (Å²) in [6.07, 6.45) is 0. The molecule has 0 radical (unpaired) electrons. The van der Waals surface area contributed by atoms with E-state index in [9.17, 15) is 0 Å². The van der Waals surface area contributed by atoms with Gasteiger partial charge in [-0.25, -0.2) is 0 Å². The van der Waals surface area contributed by atoms with Crippen LogP contribution in [0.15, 0.2) is 66.7 Å². The molecule has 0 fully saturated rings. The fourth-order valence-electron chi connectivity index (χ4n) is 2.81. The van der Waals surface area contributed by atoms with Crippen molar-refractivity contribution in [1.82, 2.24) is 0 Å². The minimum absolute atomic E-state index is 0.888. The van der Waals surface area contributed by atoms with Crippen molar-refractivity contribution in [2.75, 3.05) is 7.11 Å². The molecule has 110 valence electrons. The molecule has 0 aliphatic rings. The first kappa shape index (κ1) is 14.4. The van der Waals surface area contributed by atoms with Crippen molar-refractivity contribution in [3.8, 4) is 5.75 Å². The monoisotopic (exact) mass is 288 g/mol. The van der Waals surface area contributed by atoms with Crippen LogP contribution in [0.3, 0.4) is 0 Å². The summed E-state index contributed by atoms with van der Waals surface area (Å²) in [6.45, 7) is 4.38. The predicted molar refractivity (Wildman–Crippen MR) is 95.1 cm³/mol. The SMILES string of the molecule is COc1ccc(/C(C)=C(/C)c2cccc3ccccc23)cc1. The first-order valence-electron chi connectivity index (χ1n) is 7.51. The van der Waals surface area contributed by atoms with Crippen molar-refractivity contribution < 1.29 is 4.74 Å². The molecule has 0 saturated heterocycles. The quantitative estimate of drug-likeness (QED) is 0.553. The summed E-state index contributed by atoms with van der Waals surface area (Å²) in [5, 5.41) is 2.58. The molecule has 0 aliphatic heterocycles. The smallest absolute Gasteiger partial charge is 0.118 e. The average Bonchev–Trinajstić information content (AvgIpc) is 2.60. The summed E-state index contributed by atoms with van der Waals surface area (Å²) in [6, 6.07) is 23.3. The Bertz CT molecular complexity index is 821. The van der Waals surface area contributed by atoms with Crippen molar-refractivity contribution >= 4 is 21.9 Å². The van der Waals surface area contributed by atoms with Gasteiger partial charge < -0.3 is 4.74 Å². The minimum Gasteiger partial charge on any atom is -0.497 e. The Balaban J connectivity index is 2.11. The number of rotatable bonds is 3. The molecule has 0 bridgehead atoms. The van der Waals surface area contributed by atoms with Crippen LogP contribution < -0.4 is 4.74 Å². The van der Waals surface area contributed by atoms with E-state index in [0.717, 1.165) is 5.75 Å². The molecule has 0 unspecified atom stereocenters. The molecule has 0 amide bonds. The van der Waals surface area contributed by atoms with Gasteiger partial charge in [0.1, 0.15) is 5.75 Å². The summed E-state index contributed by atoms with van der Waals surface area (Å²) >= 11 is 0. The lowest BCUT2D eigenvalue weighted by atomic mass is 9.93. The van der Waals surface area contributed by atoms with Gasteiger partial charge in [0.25, 0.3) is 0 Å². The van der Waals surface area contributed by atoms with Gasteiger partial charge in [-0.1, -0.05) is 54.6 Å². The number of ether oxygens (including phenoxy) is 1. The van der Waals surface area contributed by atoms with Crippen LogP contribution in [0.5, 0.6) is 5.75 Å². The predicted octanol–water partition coefficient (Wildman–Crippen LogP) is 5.80. The second-order valence-corrected chi connectivity index (χ2v) is 5.51. The van der Waals surface area contributed by atoms with Crippen LogP contribution >= 0.6 is 0 Å². The Morgan fingerprint density at radius 3 is 2.14 bits per heavy atom. The van der Waals surface area contributed by atoms with Crippen LogP contribution in [-0.4, -0.2) is 7.11 Å². The van der Waals surface area contributed by atoms with Gasteiger partial charge in [0.2, 0.25) is 0 Å². The van der Waals surface area contributed by atoms with Crippen molar-refractivity contribution in [2.24, 2.45) is 0 Å². The Morgan fingerprint density at radius 2 is 1.41 bits per heavy atom. The van der Waals surface area contributed by atoms with E-state index in [-0.39, 0.29) is 0 Å². The third kappa shape index (κ3) is 2.62. The molecular formula is C21H20O. The summed E-state index contributed by atoms with van der Waals surface area (Å²) in [7, 11) is 1.69. The van der Waals surface area contributed by atoms with E-state index in [1.54, 1.807) is 7.11 Å². The van der Waals surface area contributed by atoms with Gasteiger partial charge in [-0.3, -0.25) is 0 Å². The highest BCUT2D eigenvalue weighted by molar-refractivity contribution is 6.00. The van der Waals surface area contributed by atoms with E-state index < -0.39 is 0 Å². The van der Waals surface area contributed by atoms with E-state index in [4.69, 9.17) is 4.74 Å². The molecule has 1 heteroatoms. The Hall–Kier alpha value is -2.54.